The second-order valence-corrected chi connectivity index (χ2v) is 4.21. The van der Waals surface area contributed by atoms with Crippen molar-refractivity contribution in [1.82, 2.24) is 14.8 Å². The fourth-order valence-electron chi connectivity index (χ4n) is 1.38. The Morgan fingerprint density at radius 3 is 3.27 bits per heavy atom. The molecule has 0 unspecified atom stereocenters. The van der Waals surface area contributed by atoms with Crippen LogP contribution in [0.2, 0.25) is 0 Å². The van der Waals surface area contributed by atoms with Gasteiger partial charge >= 0.3 is 0 Å². The molecule has 1 aromatic heterocycles. The number of anilines is 1. The van der Waals surface area contributed by atoms with Crippen molar-refractivity contribution in [2.45, 2.75) is 25.0 Å². The van der Waals surface area contributed by atoms with Gasteiger partial charge in [0.1, 0.15) is 0 Å². The summed E-state index contributed by atoms with van der Waals surface area (Å²) in [6.07, 6.45) is 4.25. The molecule has 1 aliphatic heterocycles. The van der Waals surface area contributed by atoms with Crippen LogP contribution >= 0.6 is 11.8 Å². The Balaban J connectivity index is 2.15. The number of nitrogens with one attached hydrogen (secondary N) is 1. The number of hydrogen-bond acceptors (Lipinski definition) is 4. The van der Waals surface area contributed by atoms with Gasteiger partial charge in [0.05, 0.1) is 0 Å². The molecule has 80 valence electrons. The van der Waals surface area contributed by atoms with E-state index in [1.54, 1.807) is 24.8 Å². The van der Waals surface area contributed by atoms with Crippen molar-refractivity contribution in [3.05, 3.63) is 12.2 Å². The van der Waals surface area contributed by atoms with Crippen molar-refractivity contribution in [1.29, 1.82) is 0 Å². The molecule has 1 aromatic rings. The third-order valence-corrected chi connectivity index (χ3v) is 3.08. The normalized spacial score (nSPS) is 15.3. The molecule has 1 aliphatic rings. The number of aromatic nitrogens is 3. The molecule has 0 fully saturated rings. The summed E-state index contributed by atoms with van der Waals surface area (Å²) >= 11 is 1.67. The number of allylic oxidation sites excluding steroid dienone is 1. The van der Waals surface area contributed by atoms with Gasteiger partial charge in [0.15, 0.2) is 5.16 Å². The minimum absolute atomic E-state index is 0.164. The Labute approximate surface area is 92.0 Å². The Morgan fingerprint density at radius 1 is 1.60 bits per heavy atom. The van der Waals surface area contributed by atoms with E-state index in [9.17, 15) is 4.79 Å². The molecule has 0 saturated heterocycles. The molecule has 0 bridgehead atoms. The predicted octanol–water partition coefficient (Wildman–Crippen LogP) is 1.29. The van der Waals surface area contributed by atoms with Crippen LogP contribution in [0.3, 0.4) is 0 Å². The maximum atomic E-state index is 11.3. The first kappa shape index (κ1) is 10.2. The number of amides is 1. The lowest BCUT2D eigenvalue weighted by Crippen LogP contribution is -2.15. The highest BCUT2D eigenvalue weighted by molar-refractivity contribution is 7.99. The quantitative estimate of drug-likeness (QED) is 0.769. The molecule has 0 aromatic carbocycles. The summed E-state index contributed by atoms with van der Waals surface area (Å²) in [5.74, 6) is 1.45. The van der Waals surface area contributed by atoms with Crippen LogP contribution in [0.15, 0.2) is 17.3 Å². The summed E-state index contributed by atoms with van der Waals surface area (Å²) < 4.78 is 1.94. The Kier molecular flexibility index (Phi) is 3.05. The first-order valence-corrected chi connectivity index (χ1v) is 5.79. The molecular formula is C9H12N4OS. The average Bonchev–Trinajstić information content (AvgIpc) is 2.62. The number of hydrogen-bond donors (Lipinski definition) is 1. The predicted molar refractivity (Wildman–Crippen MR) is 58.8 cm³/mol. The number of rotatable bonds is 2. The molecule has 0 radical (unpaired) electrons. The Hall–Kier alpha value is -1.30. The zero-order chi connectivity index (χ0) is 10.7. The van der Waals surface area contributed by atoms with Gasteiger partial charge in [0.2, 0.25) is 11.9 Å². The van der Waals surface area contributed by atoms with Gasteiger partial charge in [-0.05, 0) is 19.4 Å². The molecule has 0 spiro atoms. The highest BCUT2D eigenvalue weighted by Crippen LogP contribution is 2.25. The van der Waals surface area contributed by atoms with E-state index in [1.165, 1.54) is 6.08 Å². The highest BCUT2D eigenvalue weighted by atomic mass is 32.2. The third kappa shape index (κ3) is 2.20. The molecule has 0 aliphatic carbocycles. The molecule has 6 heteroatoms. The monoisotopic (exact) mass is 224 g/mol. The van der Waals surface area contributed by atoms with Crippen LogP contribution in [-0.4, -0.2) is 26.4 Å². The van der Waals surface area contributed by atoms with Crippen molar-refractivity contribution < 1.29 is 4.79 Å². The maximum Gasteiger partial charge on any atom is 0.250 e. The number of thioether (sulfide) groups is 1. The summed E-state index contributed by atoms with van der Waals surface area (Å²) in [7, 11) is 0. The van der Waals surface area contributed by atoms with Gasteiger partial charge in [-0.15, -0.1) is 10.2 Å². The molecule has 15 heavy (non-hydrogen) atoms. The van der Waals surface area contributed by atoms with Crippen molar-refractivity contribution in [3.8, 4) is 0 Å². The minimum atomic E-state index is -0.164. The molecule has 1 N–H and O–H groups in total. The number of carbonyl (C=O) groups excluding carboxylic acids is 1. The van der Waals surface area contributed by atoms with E-state index >= 15 is 0 Å². The van der Waals surface area contributed by atoms with Crippen LogP contribution < -0.4 is 5.32 Å². The van der Waals surface area contributed by atoms with Gasteiger partial charge in [-0.2, -0.15) is 0 Å². The van der Waals surface area contributed by atoms with Crippen molar-refractivity contribution in [3.63, 3.8) is 0 Å². The molecule has 0 atom stereocenters. The molecule has 2 heterocycles. The molecule has 1 amide bonds. The van der Waals surface area contributed by atoms with E-state index in [2.05, 4.69) is 15.5 Å². The van der Waals surface area contributed by atoms with Crippen LogP contribution in [-0.2, 0) is 11.3 Å². The molecule has 2 rings (SSSR count). The number of fused-ring (bicyclic) bond motifs is 1. The Morgan fingerprint density at radius 2 is 2.47 bits per heavy atom. The van der Waals surface area contributed by atoms with Crippen LogP contribution in [0.25, 0.3) is 0 Å². The largest absolute Gasteiger partial charge is 0.291 e. The van der Waals surface area contributed by atoms with E-state index in [0.29, 0.717) is 5.95 Å². The summed E-state index contributed by atoms with van der Waals surface area (Å²) in [5, 5.41) is 11.5. The topological polar surface area (TPSA) is 59.8 Å². The van der Waals surface area contributed by atoms with Gasteiger partial charge < -0.3 is 0 Å². The van der Waals surface area contributed by atoms with Gasteiger partial charge in [-0.1, -0.05) is 17.8 Å². The highest BCUT2D eigenvalue weighted by Gasteiger charge is 2.16. The SMILES string of the molecule is C/C=C/C(=O)Nc1nnc2n1CCCS2. The lowest BCUT2D eigenvalue weighted by molar-refractivity contribution is -0.112. The van der Waals surface area contributed by atoms with Gasteiger partial charge in [-0.3, -0.25) is 14.7 Å². The van der Waals surface area contributed by atoms with Crippen molar-refractivity contribution >= 4 is 23.6 Å². The standard InChI is InChI=1S/C9H12N4OS/c1-2-4-7(14)10-8-11-12-9-13(8)5-3-6-15-9/h2,4H,3,5-6H2,1H3,(H,10,11,14)/b4-2+. The Bertz CT molecular complexity index is 399. The summed E-state index contributed by atoms with van der Waals surface area (Å²) in [6.45, 7) is 2.68. The van der Waals surface area contributed by atoms with E-state index in [-0.39, 0.29) is 5.91 Å². The summed E-state index contributed by atoms with van der Waals surface area (Å²) in [6, 6.07) is 0. The minimum Gasteiger partial charge on any atom is -0.291 e. The lowest BCUT2D eigenvalue weighted by atomic mass is 10.4. The fraction of sp³-hybridized carbons (Fsp3) is 0.444. The van der Waals surface area contributed by atoms with Crippen LogP contribution in [0, 0.1) is 0 Å². The number of carbonyl (C=O) groups is 1. The smallest absolute Gasteiger partial charge is 0.250 e. The third-order valence-electron chi connectivity index (χ3n) is 2.03. The van der Waals surface area contributed by atoms with E-state index in [0.717, 1.165) is 23.9 Å². The van der Waals surface area contributed by atoms with Gasteiger partial charge in [0, 0.05) is 12.3 Å². The van der Waals surface area contributed by atoms with Crippen LogP contribution in [0.5, 0.6) is 0 Å². The zero-order valence-corrected chi connectivity index (χ0v) is 9.25. The number of nitrogens with zero attached hydrogens (tertiary/aromatic N) is 3. The van der Waals surface area contributed by atoms with E-state index in [4.69, 9.17) is 0 Å². The van der Waals surface area contributed by atoms with E-state index in [1.807, 2.05) is 4.57 Å². The molecule has 5 nitrogen and oxygen atoms in total. The fourth-order valence-corrected chi connectivity index (χ4v) is 2.27. The lowest BCUT2D eigenvalue weighted by Gasteiger charge is -2.13. The first-order chi connectivity index (χ1) is 7.31. The summed E-state index contributed by atoms with van der Waals surface area (Å²) in [4.78, 5) is 11.3. The second kappa shape index (κ2) is 4.48. The van der Waals surface area contributed by atoms with Gasteiger partial charge in [-0.25, -0.2) is 0 Å². The van der Waals surface area contributed by atoms with Crippen LogP contribution in [0.1, 0.15) is 13.3 Å². The first-order valence-electron chi connectivity index (χ1n) is 4.81. The summed E-state index contributed by atoms with van der Waals surface area (Å²) in [5.41, 5.74) is 0. The maximum absolute atomic E-state index is 11.3. The zero-order valence-electron chi connectivity index (χ0n) is 8.43. The van der Waals surface area contributed by atoms with Gasteiger partial charge in [0.25, 0.3) is 0 Å². The molecule has 0 saturated carbocycles. The van der Waals surface area contributed by atoms with E-state index < -0.39 is 0 Å². The molecular weight excluding hydrogens is 212 g/mol. The average molecular weight is 224 g/mol. The second-order valence-electron chi connectivity index (χ2n) is 3.15. The van der Waals surface area contributed by atoms with Crippen molar-refractivity contribution in [2.24, 2.45) is 0 Å². The van der Waals surface area contributed by atoms with Crippen molar-refractivity contribution in [2.75, 3.05) is 11.1 Å². The van der Waals surface area contributed by atoms with Crippen LogP contribution in [0.4, 0.5) is 5.95 Å².